The second kappa shape index (κ2) is 7.09. The highest BCUT2D eigenvalue weighted by atomic mass is 16.5. The molecule has 0 spiro atoms. The fraction of sp³-hybridized carbons (Fsp3) is 0.333. The van der Waals surface area contributed by atoms with E-state index in [4.69, 9.17) is 4.74 Å². The largest absolute Gasteiger partial charge is 0.491 e. The molecule has 0 atom stereocenters. The zero-order valence-electron chi connectivity index (χ0n) is 14.9. The van der Waals surface area contributed by atoms with Crippen LogP contribution in [0.3, 0.4) is 0 Å². The molecule has 1 aliphatic rings. The number of Topliss-reactive ketones (excluding diaryl/α,β-unsaturated/α-hetero) is 1. The summed E-state index contributed by atoms with van der Waals surface area (Å²) in [5.74, 6) is 0.721. The van der Waals surface area contributed by atoms with E-state index in [1.165, 1.54) is 0 Å². The first-order valence-corrected chi connectivity index (χ1v) is 8.68. The van der Waals surface area contributed by atoms with E-state index in [0.717, 1.165) is 29.8 Å². The molecule has 130 valence electrons. The number of hydrogen-bond donors (Lipinski definition) is 0. The highest BCUT2D eigenvalue weighted by molar-refractivity contribution is 6.07. The minimum Gasteiger partial charge on any atom is -0.491 e. The molecule has 1 amide bonds. The molecule has 0 saturated heterocycles. The van der Waals surface area contributed by atoms with Crippen molar-refractivity contribution in [2.45, 2.75) is 39.7 Å². The van der Waals surface area contributed by atoms with Gasteiger partial charge in [0.1, 0.15) is 5.75 Å². The Bertz CT molecular complexity index is 793. The van der Waals surface area contributed by atoms with Gasteiger partial charge in [0.25, 0.3) is 5.91 Å². The topological polar surface area (TPSA) is 46.6 Å². The molecule has 0 aromatic heterocycles. The number of ether oxygens (including phenoxy) is 1. The third kappa shape index (κ3) is 3.73. The summed E-state index contributed by atoms with van der Waals surface area (Å²) < 4.78 is 5.63. The van der Waals surface area contributed by atoms with Gasteiger partial charge in [0.2, 0.25) is 0 Å². The van der Waals surface area contributed by atoms with Gasteiger partial charge in [-0.2, -0.15) is 0 Å². The molecule has 1 aliphatic heterocycles. The number of carbonyl (C=O) groups is 2. The van der Waals surface area contributed by atoms with Gasteiger partial charge in [0, 0.05) is 23.4 Å². The summed E-state index contributed by atoms with van der Waals surface area (Å²) >= 11 is 0. The van der Waals surface area contributed by atoms with Crippen LogP contribution in [0.4, 0.5) is 5.69 Å². The molecular weight excluding hydrogens is 314 g/mol. The van der Waals surface area contributed by atoms with E-state index in [2.05, 4.69) is 0 Å². The van der Waals surface area contributed by atoms with Crippen LogP contribution in [0.25, 0.3) is 0 Å². The lowest BCUT2D eigenvalue weighted by molar-refractivity contribution is 0.0981. The zero-order chi connectivity index (χ0) is 18.0. The molecule has 4 nitrogen and oxygen atoms in total. The van der Waals surface area contributed by atoms with Crippen molar-refractivity contribution in [2.75, 3.05) is 11.4 Å². The maximum Gasteiger partial charge on any atom is 0.258 e. The van der Waals surface area contributed by atoms with Gasteiger partial charge in [-0.3, -0.25) is 9.59 Å². The van der Waals surface area contributed by atoms with E-state index < -0.39 is 0 Å². The summed E-state index contributed by atoms with van der Waals surface area (Å²) in [4.78, 5) is 26.4. The molecule has 25 heavy (non-hydrogen) atoms. The minimum absolute atomic E-state index is 0.0101. The summed E-state index contributed by atoms with van der Waals surface area (Å²) in [7, 11) is 0. The van der Waals surface area contributed by atoms with Gasteiger partial charge in [0.15, 0.2) is 5.78 Å². The predicted molar refractivity (Wildman–Crippen MR) is 98.7 cm³/mol. The van der Waals surface area contributed by atoms with Crippen molar-refractivity contribution in [3.8, 4) is 5.75 Å². The number of hydrogen-bond acceptors (Lipinski definition) is 3. The molecule has 4 heteroatoms. The Kier molecular flexibility index (Phi) is 4.88. The first-order chi connectivity index (χ1) is 12.0. The molecule has 0 bridgehead atoms. The molecule has 0 fully saturated rings. The molecule has 2 aromatic rings. The van der Waals surface area contributed by atoms with Gasteiger partial charge in [-0.1, -0.05) is 12.1 Å². The molecule has 1 heterocycles. The van der Waals surface area contributed by atoms with Crippen LogP contribution in [-0.4, -0.2) is 24.3 Å². The zero-order valence-corrected chi connectivity index (χ0v) is 14.9. The number of ketones is 1. The Morgan fingerprint density at radius 2 is 1.72 bits per heavy atom. The predicted octanol–water partition coefficient (Wildman–Crippen LogP) is 4.27. The van der Waals surface area contributed by atoms with Gasteiger partial charge in [0.05, 0.1) is 6.10 Å². The molecular formula is C21H23NO3. The third-order valence-corrected chi connectivity index (χ3v) is 4.33. The van der Waals surface area contributed by atoms with Crippen LogP contribution >= 0.6 is 0 Å². The lowest BCUT2D eigenvalue weighted by Gasteiger charge is -2.30. The monoisotopic (exact) mass is 337 g/mol. The fourth-order valence-electron chi connectivity index (χ4n) is 3.11. The molecule has 3 rings (SSSR count). The maximum atomic E-state index is 13.0. The van der Waals surface area contributed by atoms with E-state index in [-0.39, 0.29) is 17.8 Å². The first-order valence-electron chi connectivity index (χ1n) is 8.68. The SMILES string of the molecule is CC(=O)c1ccc2c(c1)N(C(=O)c1ccc(OC(C)C)cc1)CCC2. The molecule has 0 saturated carbocycles. The number of carbonyl (C=O) groups excluding carboxylic acids is 2. The third-order valence-electron chi connectivity index (χ3n) is 4.33. The van der Waals surface area contributed by atoms with Crippen LogP contribution in [0, 0.1) is 0 Å². The highest BCUT2D eigenvalue weighted by Crippen LogP contribution is 2.30. The second-order valence-electron chi connectivity index (χ2n) is 6.65. The number of fused-ring (bicyclic) bond motifs is 1. The number of nitrogens with zero attached hydrogens (tertiary/aromatic N) is 1. The van der Waals surface area contributed by atoms with Gasteiger partial charge in [-0.15, -0.1) is 0 Å². The van der Waals surface area contributed by atoms with Crippen molar-refractivity contribution in [1.82, 2.24) is 0 Å². The summed E-state index contributed by atoms with van der Waals surface area (Å²) in [6.45, 7) is 6.15. The number of rotatable bonds is 4. The Morgan fingerprint density at radius 3 is 2.36 bits per heavy atom. The number of benzene rings is 2. The van der Waals surface area contributed by atoms with Gasteiger partial charge >= 0.3 is 0 Å². The van der Waals surface area contributed by atoms with Gasteiger partial charge < -0.3 is 9.64 Å². The van der Waals surface area contributed by atoms with Crippen molar-refractivity contribution in [3.63, 3.8) is 0 Å². The van der Waals surface area contributed by atoms with Crippen LogP contribution in [0.1, 0.15) is 53.5 Å². The van der Waals surface area contributed by atoms with Gasteiger partial charge in [-0.25, -0.2) is 0 Å². The van der Waals surface area contributed by atoms with Crippen molar-refractivity contribution in [2.24, 2.45) is 0 Å². The van der Waals surface area contributed by atoms with Crippen LogP contribution < -0.4 is 9.64 Å². The van der Waals surface area contributed by atoms with E-state index in [1.807, 2.05) is 44.2 Å². The molecule has 0 N–H and O–H groups in total. The summed E-state index contributed by atoms with van der Waals surface area (Å²) in [5, 5.41) is 0. The Hall–Kier alpha value is -2.62. The normalized spacial score (nSPS) is 13.5. The standard InChI is InChI=1S/C21H23NO3/c1-14(2)25-19-10-8-17(9-11-19)21(24)22-12-4-5-16-6-7-18(15(3)23)13-20(16)22/h6-11,13-14H,4-5,12H2,1-3H3. The number of amides is 1. The van der Waals surface area contributed by atoms with E-state index in [0.29, 0.717) is 17.7 Å². The average molecular weight is 337 g/mol. The maximum absolute atomic E-state index is 13.0. The van der Waals surface area contributed by atoms with E-state index >= 15 is 0 Å². The van der Waals surface area contributed by atoms with E-state index in [1.54, 1.807) is 24.0 Å². The van der Waals surface area contributed by atoms with Crippen LogP contribution in [0.15, 0.2) is 42.5 Å². The summed E-state index contributed by atoms with van der Waals surface area (Å²) in [6, 6.07) is 12.9. The molecule has 0 aliphatic carbocycles. The lowest BCUT2D eigenvalue weighted by atomic mass is 9.97. The van der Waals surface area contributed by atoms with Gasteiger partial charge in [-0.05, 0) is 69.5 Å². The van der Waals surface area contributed by atoms with Crippen LogP contribution in [0.2, 0.25) is 0 Å². The Balaban J connectivity index is 1.88. The van der Waals surface area contributed by atoms with E-state index in [9.17, 15) is 9.59 Å². The Labute approximate surface area is 148 Å². The van der Waals surface area contributed by atoms with Crippen molar-refractivity contribution < 1.29 is 14.3 Å². The van der Waals surface area contributed by atoms with Crippen LogP contribution in [-0.2, 0) is 6.42 Å². The number of aryl methyl sites for hydroxylation is 1. The average Bonchev–Trinajstić information content (AvgIpc) is 2.60. The van der Waals surface area contributed by atoms with Crippen molar-refractivity contribution in [3.05, 3.63) is 59.2 Å². The lowest BCUT2D eigenvalue weighted by Crippen LogP contribution is -2.35. The highest BCUT2D eigenvalue weighted by Gasteiger charge is 2.24. The fourth-order valence-corrected chi connectivity index (χ4v) is 3.11. The smallest absolute Gasteiger partial charge is 0.258 e. The quantitative estimate of drug-likeness (QED) is 0.783. The minimum atomic E-state index is -0.0438. The molecule has 2 aromatic carbocycles. The molecule has 0 unspecified atom stereocenters. The second-order valence-corrected chi connectivity index (χ2v) is 6.65. The van der Waals surface area contributed by atoms with Crippen LogP contribution in [0.5, 0.6) is 5.75 Å². The van der Waals surface area contributed by atoms with Crippen molar-refractivity contribution >= 4 is 17.4 Å². The molecule has 0 radical (unpaired) electrons. The number of anilines is 1. The van der Waals surface area contributed by atoms with Crippen molar-refractivity contribution in [1.29, 1.82) is 0 Å². The summed E-state index contributed by atoms with van der Waals surface area (Å²) in [5.41, 5.74) is 3.23. The first kappa shape index (κ1) is 17.2. The Morgan fingerprint density at radius 1 is 1.04 bits per heavy atom. The summed E-state index contributed by atoms with van der Waals surface area (Å²) in [6.07, 6.45) is 1.95.